The van der Waals surface area contributed by atoms with E-state index in [9.17, 15) is 5.11 Å². The fourth-order valence-electron chi connectivity index (χ4n) is 2.67. The zero-order valence-corrected chi connectivity index (χ0v) is 12.3. The van der Waals surface area contributed by atoms with Crippen LogP contribution in [-0.4, -0.2) is 19.3 Å². The Labute approximate surface area is 102 Å². The topological polar surface area (TPSA) is 20.2 Å². The molecule has 16 heavy (non-hydrogen) atoms. The van der Waals surface area contributed by atoms with Crippen molar-refractivity contribution in [1.29, 1.82) is 0 Å². The first kappa shape index (κ1) is 15.3. The first-order valence-electron chi connectivity index (χ1n) is 5.95. The van der Waals surface area contributed by atoms with Crippen LogP contribution in [0.2, 0.25) is 16.6 Å². The number of aliphatic hydroxyl groups excluding tert-OH is 1. The van der Waals surface area contributed by atoms with Gasteiger partial charge in [0.25, 0.3) is 0 Å². The Kier molecular flexibility index (Phi) is 5.87. The first-order chi connectivity index (χ1) is 7.28. The number of rotatable bonds is 3. The molecule has 0 saturated heterocycles. The monoisotopic (exact) mass is 236 g/mol. The molecule has 0 bridgehead atoms. The van der Waals surface area contributed by atoms with Gasteiger partial charge in [-0.3, -0.25) is 0 Å². The third-order valence-electron chi connectivity index (χ3n) is 3.45. The summed E-state index contributed by atoms with van der Waals surface area (Å²) in [5, 5.41) is 9.38. The molecule has 1 atom stereocenters. The SMILES string of the molecule is C#CC(O)C#C[Si](C(C)C)(C(C)C)C(C)C. The van der Waals surface area contributed by atoms with Crippen molar-refractivity contribution < 1.29 is 5.11 Å². The molecule has 90 valence electrons. The first-order valence-corrected chi connectivity index (χ1v) is 8.19. The average Bonchev–Trinajstić information content (AvgIpc) is 2.16. The van der Waals surface area contributed by atoms with Crippen LogP contribution < -0.4 is 0 Å². The van der Waals surface area contributed by atoms with Gasteiger partial charge in [0.05, 0.1) is 0 Å². The quantitative estimate of drug-likeness (QED) is 0.589. The molecule has 0 spiro atoms. The van der Waals surface area contributed by atoms with Crippen molar-refractivity contribution in [3.8, 4) is 23.8 Å². The van der Waals surface area contributed by atoms with E-state index in [0.29, 0.717) is 16.6 Å². The van der Waals surface area contributed by atoms with Crippen LogP contribution in [0.5, 0.6) is 0 Å². The van der Waals surface area contributed by atoms with Crippen molar-refractivity contribution in [3.05, 3.63) is 0 Å². The molecule has 0 aromatic heterocycles. The summed E-state index contributed by atoms with van der Waals surface area (Å²) in [6.07, 6.45) is 4.23. The van der Waals surface area contributed by atoms with Gasteiger partial charge in [-0.05, 0) is 16.6 Å². The van der Waals surface area contributed by atoms with Crippen LogP contribution >= 0.6 is 0 Å². The maximum atomic E-state index is 9.38. The van der Waals surface area contributed by atoms with Gasteiger partial charge in [0.1, 0.15) is 8.07 Å². The van der Waals surface area contributed by atoms with Gasteiger partial charge in [-0.1, -0.05) is 53.4 Å². The van der Waals surface area contributed by atoms with Crippen molar-refractivity contribution in [3.63, 3.8) is 0 Å². The summed E-state index contributed by atoms with van der Waals surface area (Å²) >= 11 is 0. The minimum absolute atomic E-state index is 0.574. The maximum absolute atomic E-state index is 9.38. The molecule has 0 fully saturated rings. The molecule has 1 N–H and O–H groups in total. The molecule has 0 aliphatic rings. The maximum Gasteiger partial charge on any atom is 0.175 e. The Hall–Kier alpha value is -0.703. The van der Waals surface area contributed by atoms with Gasteiger partial charge in [-0.2, -0.15) is 0 Å². The second kappa shape index (κ2) is 6.14. The van der Waals surface area contributed by atoms with Gasteiger partial charge >= 0.3 is 0 Å². The molecule has 1 nitrogen and oxygen atoms in total. The number of hydrogen-bond donors (Lipinski definition) is 1. The van der Waals surface area contributed by atoms with E-state index in [4.69, 9.17) is 6.42 Å². The summed E-state index contributed by atoms with van der Waals surface area (Å²) in [6, 6.07) is 0. The minimum Gasteiger partial charge on any atom is -0.369 e. The summed E-state index contributed by atoms with van der Waals surface area (Å²) in [4.78, 5) is 0. The second-order valence-corrected chi connectivity index (χ2v) is 10.8. The zero-order valence-electron chi connectivity index (χ0n) is 11.3. The predicted molar refractivity (Wildman–Crippen MR) is 73.7 cm³/mol. The Morgan fingerprint density at radius 1 is 0.938 bits per heavy atom. The molecule has 0 rings (SSSR count). The predicted octanol–water partition coefficient (Wildman–Crippen LogP) is 3.20. The lowest BCUT2D eigenvalue weighted by atomic mass is 10.4. The lowest BCUT2D eigenvalue weighted by Crippen LogP contribution is -2.43. The van der Waals surface area contributed by atoms with Crippen LogP contribution in [-0.2, 0) is 0 Å². The van der Waals surface area contributed by atoms with Crippen LogP contribution in [0.3, 0.4) is 0 Å². The fourth-order valence-corrected chi connectivity index (χ4v) is 7.92. The number of aliphatic hydroxyl groups is 1. The van der Waals surface area contributed by atoms with Crippen LogP contribution in [0.25, 0.3) is 0 Å². The summed E-state index contributed by atoms with van der Waals surface area (Å²) in [6.45, 7) is 13.4. The molecular weight excluding hydrogens is 212 g/mol. The van der Waals surface area contributed by atoms with Crippen molar-refractivity contribution >= 4 is 8.07 Å². The zero-order chi connectivity index (χ0) is 12.9. The third kappa shape index (κ3) is 3.14. The molecule has 0 aliphatic heterocycles. The molecule has 2 heteroatoms. The van der Waals surface area contributed by atoms with Crippen molar-refractivity contribution in [1.82, 2.24) is 0 Å². The Morgan fingerprint density at radius 3 is 1.56 bits per heavy atom. The molecular formula is C14H24OSi. The van der Waals surface area contributed by atoms with Crippen molar-refractivity contribution in [2.24, 2.45) is 0 Å². The molecule has 0 radical (unpaired) electrons. The van der Waals surface area contributed by atoms with Crippen LogP contribution in [0.15, 0.2) is 0 Å². The number of hydrogen-bond acceptors (Lipinski definition) is 1. The standard InChI is InChI=1S/C14H24OSi/c1-8-14(15)9-10-16(11(2)3,12(4)5)13(6)7/h1,11-15H,2-7H3. The Morgan fingerprint density at radius 2 is 1.31 bits per heavy atom. The molecule has 0 aliphatic carbocycles. The van der Waals surface area contributed by atoms with Gasteiger partial charge in [0.15, 0.2) is 6.10 Å². The molecule has 0 aromatic carbocycles. The van der Waals surface area contributed by atoms with E-state index >= 15 is 0 Å². The molecule has 0 aromatic rings. The van der Waals surface area contributed by atoms with E-state index in [1.165, 1.54) is 0 Å². The van der Waals surface area contributed by atoms with Crippen LogP contribution in [0.1, 0.15) is 41.5 Å². The Bertz CT molecular complexity index is 290. The highest BCUT2D eigenvalue weighted by molar-refractivity contribution is 6.90. The van der Waals surface area contributed by atoms with Gasteiger partial charge in [0, 0.05) is 0 Å². The van der Waals surface area contributed by atoms with Gasteiger partial charge in [-0.15, -0.1) is 12.0 Å². The van der Waals surface area contributed by atoms with E-state index in [1.54, 1.807) is 0 Å². The lowest BCUT2D eigenvalue weighted by Gasteiger charge is -2.38. The highest BCUT2D eigenvalue weighted by Crippen LogP contribution is 2.40. The molecule has 1 unspecified atom stereocenters. The summed E-state index contributed by atoms with van der Waals surface area (Å²) < 4.78 is 0. The minimum atomic E-state index is -1.72. The van der Waals surface area contributed by atoms with Crippen LogP contribution in [0, 0.1) is 23.8 Å². The van der Waals surface area contributed by atoms with Gasteiger partial charge in [-0.25, -0.2) is 0 Å². The van der Waals surface area contributed by atoms with Crippen molar-refractivity contribution in [2.75, 3.05) is 0 Å². The van der Waals surface area contributed by atoms with E-state index in [0.717, 1.165) is 0 Å². The summed E-state index contributed by atoms with van der Waals surface area (Å²) in [7, 11) is -1.72. The molecule has 0 amide bonds. The molecule has 0 heterocycles. The molecule has 0 saturated carbocycles. The fraction of sp³-hybridized carbons (Fsp3) is 0.714. The highest BCUT2D eigenvalue weighted by Gasteiger charge is 2.41. The average molecular weight is 236 g/mol. The lowest BCUT2D eigenvalue weighted by molar-refractivity contribution is 0.290. The number of terminal acetylenes is 1. The smallest absolute Gasteiger partial charge is 0.175 e. The van der Waals surface area contributed by atoms with E-state index in [1.807, 2.05) is 0 Å². The van der Waals surface area contributed by atoms with E-state index in [2.05, 4.69) is 58.9 Å². The second-order valence-electron chi connectivity index (χ2n) is 5.24. The summed E-state index contributed by atoms with van der Waals surface area (Å²) in [5.41, 5.74) is 5.10. The van der Waals surface area contributed by atoms with E-state index in [-0.39, 0.29) is 0 Å². The van der Waals surface area contributed by atoms with E-state index < -0.39 is 14.2 Å². The largest absolute Gasteiger partial charge is 0.369 e. The highest BCUT2D eigenvalue weighted by atomic mass is 28.3. The van der Waals surface area contributed by atoms with Crippen LogP contribution in [0.4, 0.5) is 0 Å². The third-order valence-corrected chi connectivity index (χ3v) is 9.76. The summed E-state index contributed by atoms with van der Waals surface area (Å²) in [5.74, 6) is 5.11. The Balaban J connectivity index is 5.37. The normalized spacial score (nSPS) is 13.6. The van der Waals surface area contributed by atoms with Gasteiger partial charge < -0.3 is 5.11 Å². The van der Waals surface area contributed by atoms with Crippen molar-refractivity contribution in [2.45, 2.75) is 64.3 Å². The van der Waals surface area contributed by atoms with Gasteiger partial charge in [0.2, 0.25) is 0 Å².